The quantitative estimate of drug-likeness (QED) is 0.456. The largest absolute Gasteiger partial charge is 0.424 e. The van der Waals surface area contributed by atoms with Crippen molar-refractivity contribution < 1.29 is 9.59 Å². The zero-order valence-corrected chi connectivity index (χ0v) is 22.1. The van der Waals surface area contributed by atoms with E-state index in [1.54, 1.807) is 6.20 Å². The SMILES string of the molecule is CC[C@@H](C/C=C\NC(=O)[C@@H](N)C(C)(C)C)CC(C)(C)[Si](O)(c1ccccc1)c1ccccc1. The molecule has 0 aliphatic heterocycles. The van der Waals surface area contributed by atoms with Crippen molar-refractivity contribution in [2.45, 2.75) is 71.9 Å². The molecule has 0 saturated carbocycles. The molecule has 4 N–H and O–H groups in total. The first kappa shape index (κ1) is 27.0. The standard InChI is InChI=1S/C28H42N2O2Si/c1-7-22(15-14-20-30-26(31)25(29)27(2,3)4)21-28(5,6)33(32,23-16-10-8-11-17-23)24-18-12-9-13-19-24/h8-14,16-20,22,25,32H,7,15,21,29H2,1-6H3,(H,30,31)/b20-14-/t22-,25+/m0/s1. The topological polar surface area (TPSA) is 75.4 Å². The lowest BCUT2D eigenvalue weighted by Crippen LogP contribution is -2.65. The highest BCUT2D eigenvalue weighted by Crippen LogP contribution is 2.42. The number of carbonyl (C=O) groups is 1. The molecule has 2 aromatic rings. The van der Waals surface area contributed by atoms with Crippen molar-refractivity contribution in [3.05, 3.63) is 72.9 Å². The van der Waals surface area contributed by atoms with Crippen molar-refractivity contribution in [3.63, 3.8) is 0 Å². The van der Waals surface area contributed by atoms with Gasteiger partial charge >= 0.3 is 0 Å². The molecule has 33 heavy (non-hydrogen) atoms. The van der Waals surface area contributed by atoms with Crippen LogP contribution in [0.1, 0.15) is 60.8 Å². The zero-order valence-electron chi connectivity index (χ0n) is 21.1. The van der Waals surface area contributed by atoms with Gasteiger partial charge in [0.15, 0.2) is 0 Å². The molecule has 0 heterocycles. The second kappa shape index (κ2) is 11.3. The van der Waals surface area contributed by atoms with Gasteiger partial charge in [0.2, 0.25) is 5.91 Å². The van der Waals surface area contributed by atoms with Crippen LogP contribution in [0, 0.1) is 11.3 Å². The van der Waals surface area contributed by atoms with Crippen LogP contribution in [0.2, 0.25) is 5.04 Å². The van der Waals surface area contributed by atoms with Crippen LogP contribution in [0.15, 0.2) is 72.9 Å². The second-order valence-corrected chi connectivity index (χ2v) is 14.7. The minimum absolute atomic E-state index is 0.165. The van der Waals surface area contributed by atoms with Crippen LogP contribution < -0.4 is 21.4 Å². The minimum atomic E-state index is -3.02. The molecule has 5 heteroatoms. The number of rotatable bonds is 10. The van der Waals surface area contributed by atoms with Crippen molar-refractivity contribution >= 4 is 24.6 Å². The fourth-order valence-electron chi connectivity index (χ4n) is 4.46. The van der Waals surface area contributed by atoms with Crippen molar-refractivity contribution in [1.82, 2.24) is 5.32 Å². The number of amides is 1. The summed E-state index contributed by atoms with van der Waals surface area (Å²) in [6, 6.07) is 19.7. The summed E-state index contributed by atoms with van der Waals surface area (Å²) in [6.45, 7) is 12.5. The van der Waals surface area contributed by atoms with Gasteiger partial charge < -0.3 is 15.8 Å². The van der Waals surface area contributed by atoms with Crippen LogP contribution in [0.3, 0.4) is 0 Å². The molecule has 0 fully saturated rings. The molecule has 2 rings (SSSR count). The lowest BCUT2D eigenvalue weighted by Gasteiger charge is -2.43. The normalized spacial score (nSPS) is 14.8. The first-order chi connectivity index (χ1) is 15.4. The van der Waals surface area contributed by atoms with E-state index < -0.39 is 14.4 Å². The number of allylic oxidation sites excluding steroid dienone is 1. The number of benzene rings is 2. The molecule has 4 nitrogen and oxygen atoms in total. The molecular formula is C28H42N2O2Si. The van der Waals surface area contributed by atoms with Crippen molar-refractivity contribution in [2.75, 3.05) is 0 Å². The van der Waals surface area contributed by atoms with Crippen LogP contribution in [-0.4, -0.2) is 25.1 Å². The fourth-order valence-corrected chi connectivity index (χ4v) is 8.29. The Labute approximate surface area is 201 Å². The van der Waals surface area contributed by atoms with Crippen LogP contribution in [0.5, 0.6) is 0 Å². The van der Waals surface area contributed by atoms with Gasteiger partial charge in [-0.3, -0.25) is 4.79 Å². The molecule has 0 aliphatic carbocycles. The van der Waals surface area contributed by atoms with Gasteiger partial charge in [-0.1, -0.05) is 115 Å². The third-order valence-electron chi connectivity index (χ3n) is 6.77. The van der Waals surface area contributed by atoms with Crippen molar-refractivity contribution in [1.29, 1.82) is 0 Å². The summed E-state index contributed by atoms with van der Waals surface area (Å²) >= 11 is 0. The van der Waals surface area contributed by atoms with Crippen molar-refractivity contribution in [2.24, 2.45) is 17.1 Å². The summed E-state index contributed by atoms with van der Waals surface area (Å²) in [5.74, 6) is 0.220. The van der Waals surface area contributed by atoms with Crippen LogP contribution >= 0.6 is 0 Å². The maximum absolute atomic E-state index is 12.4. The molecule has 2 atom stereocenters. The van der Waals surface area contributed by atoms with Gasteiger partial charge in [0.1, 0.15) is 0 Å². The Balaban J connectivity index is 2.18. The molecule has 0 saturated heterocycles. The summed E-state index contributed by atoms with van der Waals surface area (Å²) in [7, 11) is -3.02. The lowest BCUT2D eigenvalue weighted by molar-refractivity contribution is -0.123. The summed E-state index contributed by atoms with van der Waals surface area (Å²) in [5, 5.41) is 4.61. The van der Waals surface area contributed by atoms with Crippen LogP contribution in [-0.2, 0) is 4.79 Å². The van der Waals surface area contributed by atoms with E-state index in [-0.39, 0.29) is 16.4 Å². The molecule has 0 spiro atoms. The maximum Gasteiger partial charge on any atom is 0.258 e. The van der Waals surface area contributed by atoms with Crippen molar-refractivity contribution in [3.8, 4) is 0 Å². The molecule has 1 amide bonds. The Kier molecular flexibility index (Phi) is 9.24. The minimum Gasteiger partial charge on any atom is -0.424 e. The molecule has 0 aliphatic rings. The number of carbonyl (C=O) groups excluding carboxylic acids is 1. The fraction of sp³-hybridized carbons (Fsp3) is 0.464. The number of nitrogens with one attached hydrogen (secondary N) is 1. The summed E-state index contributed by atoms with van der Waals surface area (Å²) in [5.41, 5.74) is 5.76. The summed E-state index contributed by atoms with van der Waals surface area (Å²) < 4.78 is 0. The zero-order chi connectivity index (χ0) is 24.7. The predicted molar refractivity (Wildman–Crippen MR) is 142 cm³/mol. The average molecular weight is 467 g/mol. The summed E-state index contributed by atoms with van der Waals surface area (Å²) in [4.78, 5) is 24.6. The Morgan fingerprint density at radius 1 is 1.00 bits per heavy atom. The highest BCUT2D eigenvalue weighted by molar-refractivity contribution is 6.98. The van der Waals surface area contributed by atoms with Gasteiger partial charge in [-0.15, -0.1) is 0 Å². The first-order valence-electron chi connectivity index (χ1n) is 12.0. The smallest absolute Gasteiger partial charge is 0.258 e. The Hall–Kier alpha value is -2.21. The molecule has 0 aromatic heterocycles. The molecule has 180 valence electrons. The molecule has 0 unspecified atom stereocenters. The van der Waals surface area contributed by atoms with Crippen LogP contribution in [0.25, 0.3) is 0 Å². The van der Waals surface area contributed by atoms with Gasteiger partial charge in [0.05, 0.1) is 6.04 Å². The Morgan fingerprint density at radius 3 is 1.91 bits per heavy atom. The van der Waals surface area contributed by atoms with E-state index in [9.17, 15) is 9.59 Å². The second-order valence-electron chi connectivity index (χ2n) is 10.8. The monoisotopic (exact) mass is 466 g/mol. The molecule has 2 aromatic carbocycles. The lowest BCUT2D eigenvalue weighted by atomic mass is 9.87. The number of hydrogen-bond donors (Lipinski definition) is 3. The average Bonchev–Trinajstić information content (AvgIpc) is 2.80. The van der Waals surface area contributed by atoms with E-state index in [0.29, 0.717) is 5.92 Å². The van der Waals surface area contributed by atoms with Gasteiger partial charge in [-0.2, -0.15) is 0 Å². The van der Waals surface area contributed by atoms with Gasteiger partial charge in [-0.25, -0.2) is 0 Å². The van der Waals surface area contributed by atoms with Gasteiger partial charge in [-0.05, 0) is 45.8 Å². The first-order valence-corrected chi connectivity index (χ1v) is 13.9. The number of nitrogens with two attached hydrogens (primary N) is 1. The van der Waals surface area contributed by atoms with E-state index in [4.69, 9.17) is 5.73 Å². The molecule has 0 radical (unpaired) electrons. The van der Waals surface area contributed by atoms with E-state index in [1.807, 2.05) is 63.2 Å². The summed E-state index contributed by atoms with van der Waals surface area (Å²) in [6.07, 6.45) is 6.46. The van der Waals surface area contributed by atoms with Gasteiger partial charge in [0.25, 0.3) is 8.32 Å². The molecular weight excluding hydrogens is 424 g/mol. The van der Waals surface area contributed by atoms with Gasteiger partial charge in [0, 0.05) is 0 Å². The number of hydrogen-bond acceptors (Lipinski definition) is 3. The van der Waals surface area contributed by atoms with E-state index >= 15 is 0 Å². The predicted octanol–water partition coefficient (Wildman–Crippen LogP) is 4.33. The third kappa shape index (κ3) is 6.65. The Morgan fingerprint density at radius 2 is 1.48 bits per heavy atom. The van der Waals surface area contributed by atoms with Crippen LogP contribution in [0.4, 0.5) is 0 Å². The highest BCUT2D eigenvalue weighted by atomic mass is 28.4. The van der Waals surface area contributed by atoms with E-state index in [0.717, 1.165) is 29.6 Å². The molecule has 0 bridgehead atoms. The highest BCUT2D eigenvalue weighted by Gasteiger charge is 2.50. The van der Waals surface area contributed by atoms with E-state index in [1.165, 1.54) is 0 Å². The van der Waals surface area contributed by atoms with E-state index in [2.05, 4.69) is 50.4 Å². The maximum atomic E-state index is 12.4. The Bertz CT molecular complexity index is 865. The third-order valence-corrected chi connectivity index (χ3v) is 11.3.